The number of aromatic nitrogens is 5. The monoisotopic (exact) mass is 497 g/mol. The molecule has 1 saturated heterocycles. The van der Waals surface area contributed by atoms with Gasteiger partial charge in [0.15, 0.2) is 0 Å². The van der Waals surface area contributed by atoms with Gasteiger partial charge in [-0.05, 0) is 56.1 Å². The van der Waals surface area contributed by atoms with Crippen molar-refractivity contribution in [2.75, 3.05) is 23.3 Å². The summed E-state index contributed by atoms with van der Waals surface area (Å²) >= 11 is 0. The molecule has 0 unspecified atom stereocenters. The molecular formula is C26H30F3N7. The van der Waals surface area contributed by atoms with E-state index >= 15 is 0 Å². The molecule has 1 aromatic carbocycles. The second-order valence-electron chi connectivity index (χ2n) is 10.4. The van der Waals surface area contributed by atoms with E-state index in [0.717, 1.165) is 75.1 Å². The van der Waals surface area contributed by atoms with Crippen LogP contribution in [-0.4, -0.2) is 43.9 Å². The first-order valence-corrected chi connectivity index (χ1v) is 12.8. The van der Waals surface area contributed by atoms with E-state index in [4.69, 9.17) is 10.1 Å². The van der Waals surface area contributed by atoms with Gasteiger partial charge in [0.1, 0.15) is 18.0 Å². The van der Waals surface area contributed by atoms with Crippen molar-refractivity contribution >= 4 is 11.8 Å². The number of benzene rings is 1. The Balaban J connectivity index is 1.22. The van der Waals surface area contributed by atoms with Gasteiger partial charge in [-0.1, -0.05) is 24.6 Å². The summed E-state index contributed by atoms with van der Waals surface area (Å²) < 4.78 is 42.0. The maximum Gasteiger partial charge on any atom is 0.416 e. The number of halogens is 3. The molecule has 2 aliphatic heterocycles. The summed E-state index contributed by atoms with van der Waals surface area (Å²) in [7, 11) is 0. The van der Waals surface area contributed by atoms with Gasteiger partial charge >= 0.3 is 6.18 Å². The lowest BCUT2D eigenvalue weighted by atomic mass is 9.92. The molecule has 4 heterocycles. The van der Waals surface area contributed by atoms with Gasteiger partial charge in [0.05, 0.1) is 5.56 Å². The first-order chi connectivity index (χ1) is 17.3. The quantitative estimate of drug-likeness (QED) is 0.545. The lowest BCUT2D eigenvalue weighted by Gasteiger charge is -2.38. The van der Waals surface area contributed by atoms with E-state index in [1.54, 1.807) is 12.4 Å². The second kappa shape index (κ2) is 9.05. The zero-order chi connectivity index (χ0) is 24.9. The van der Waals surface area contributed by atoms with Crippen LogP contribution in [0.5, 0.6) is 0 Å². The van der Waals surface area contributed by atoms with E-state index in [1.807, 2.05) is 17.7 Å². The highest BCUT2D eigenvalue weighted by molar-refractivity contribution is 5.42. The zero-order valence-electron chi connectivity index (χ0n) is 20.2. The van der Waals surface area contributed by atoms with Crippen molar-refractivity contribution in [1.29, 1.82) is 0 Å². The van der Waals surface area contributed by atoms with E-state index in [9.17, 15) is 13.2 Å². The summed E-state index contributed by atoms with van der Waals surface area (Å²) in [6, 6.07) is 7.99. The van der Waals surface area contributed by atoms with Crippen molar-refractivity contribution in [3.05, 3.63) is 59.3 Å². The fraction of sp³-hybridized carbons (Fsp3) is 0.538. The molecule has 2 aromatic heterocycles. The van der Waals surface area contributed by atoms with Crippen LogP contribution in [-0.2, 0) is 12.7 Å². The average molecular weight is 498 g/mol. The molecule has 10 heteroatoms. The number of piperidine rings is 1. The predicted octanol–water partition coefficient (Wildman–Crippen LogP) is 5.04. The van der Waals surface area contributed by atoms with Crippen molar-refractivity contribution in [2.45, 2.75) is 63.7 Å². The van der Waals surface area contributed by atoms with Crippen molar-refractivity contribution in [2.24, 2.45) is 11.8 Å². The van der Waals surface area contributed by atoms with Gasteiger partial charge in [-0.2, -0.15) is 18.2 Å². The van der Waals surface area contributed by atoms with Gasteiger partial charge in [-0.15, -0.1) is 5.10 Å². The summed E-state index contributed by atoms with van der Waals surface area (Å²) in [4.78, 5) is 15.9. The summed E-state index contributed by atoms with van der Waals surface area (Å²) in [5.41, 5.74) is 1.00. The smallest absolute Gasteiger partial charge is 0.356 e. The van der Waals surface area contributed by atoms with Crippen LogP contribution >= 0.6 is 0 Å². The van der Waals surface area contributed by atoms with Crippen LogP contribution in [0.1, 0.15) is 60.7 Å². The van der Waals surface area contributed by atoms with Crippen LogP contribution in [0.4, 0.5) is 24.9 Å². The highest BCUT2D eigenvalue weighted by Crippen LogP contribution is 2.40. The molecule has 4 atom stereocenters. The Morgan fingerprint density at radius 3 is 2.56 bits per heavy atom. The predicted molar refractivity (Wildman–Crippen MR) is 130 cm³/mol. The Bertz CT molecular complexity index is 1230. The lowest BCUT2D eigenvalue weighted by molar-refractivity contribution is -0.137. The largest absolute Gasteiger partial charge is 0.416 e. The molecule has 190 valence electrons. The van der Waals surface area contributed by atoms with Crippen LogP contribution in [0.25, 0.3) is 0 Å². The first-order valence-electron chi connectivity index (χ1n) is 12.8. The molecule has 1 N–H and O–H groups in total. The molecule has 1 saturated carbocycles. The number of hydrogen-bond donors (Lipinski definition) is 1. The highest BCUT2D eigenvalue weighted by atomic mass is 19.4. The van der Waals surface area contributed by atoms with Crippen LogP contribution in [0, 0.1) is 18.8 Å². The number of nitrogens with one attached hydrogen (secondary N) is 1. The van der Waals surface area contributed by atoms with Crippen molar-refractivity contribution < 1.29 is 13.2 Å². The Kier molecular flexibility index (Phi) is 5.84. The van der Waals surface area contributed by atoms with Gasteiger partial charge in [0, 0.05) is 43.4 Å². The Morgan fingerprint density at radius 1 is 1.00 bits per heavy atom. The number of fused-ring (bicyclic) bond motifs is 3. The van der Waals surface area contributed by atoms with Crippen molar-refractivity contribution in [3.63, 3.8) is 0 Å². The summed E-state index contributed by atoms with van der Waals surface area (Å²) in [5.74, 6) is 3.06. The third kappa shape index (κ3) is 4.41. The summed E-state index contributed by atoms with van der Waals surface area (Å²) in [5, 5.41) is 8.40. The van der Waals surface area contributed by atoms with Gasteiger partial charge in [-0.3, -0.25) is 0 Å². The average Bonchev–Trinajstić information content (AvgIpc) is 3.25. The Morgan fingerprint density at radius 2 is 1.81 bits per heavy atom. The summed E-state index contributed by atoms with van der Waals surface area (Å²) in [6.45, 7) is 4.56. The Hall–Kier alpha value is -3.17. The molecule has 6 rings (SSSR count). The zero-order valence-corrected chi connectivity index (χ0v) is 20.2. The van der Waals surface area contributed by atoms with E-state index in [1.165, 1.54) is 12.1 Å². The Labute approximate surface area is 208 Å². The number of anilines is 2. The SMILES string of the molecule is Cc1cc(N2C[C@H]3CC[C@@H](C2)[C@H]3Nc2nc3n(n2)CCCC[C@@H]3c2cccc(C(F)(F)F)c2)ncn1. The minimum Gasteiger partial charge on any atom is -0.356 e. The topological polar surface area (TPSA) is 71.8 Å². The van der Waals surface area contributed by atoms with Crippen molar-refractivity contribution in [3.8, 4) is 0 Å². The maximum atomic E-state index is 13.4. The molecule has 2 fully saturated rings. The van der Waals surface area contributed by atoms with Crippen LogP contribution in [0.2, 0.25) is 0 Å². The van der Waals surface area contributed by atoms with Gasteiger partial charge in [-0.25, -0.2) is 14.6 Å². The second-order valence-corrected chi connectivity index (χ2v) is 10.4. The molecule has 3 aliphatic rings. The number of nitrogens with zero attached hydrogens (tertiary/aromatic N) is 6. The summed E-state index contributed by atoms with van der Waals surface area (Å²) in [6.07, 6.45) is 2.18. The van der Waals surface area contributed by atoms with Gasteiger partial charge < -0.3 is 10.2 Å². The van der Waals surface area contributed by atoms with E-state index in [0.29, 0.717) is 23.3 Å². The number of aryl methyl sites for hydroxylation is 2. The molecule has 36 heavy (non-hydrogen) atoms. The van der Waals surface area contributed by atoms with E-state index in [2.05, 4.69) is 20.2 Å². The standard InChI is InChI=1S/C26H30F3N7/c1-16-11-22(31-15-30-16)35-13-18-8-9-19(14-35)23(18)32-25-33-24-21(7-2-3-10-36(24)34-25)17-5-4-6-20(12-17)26(27,28)29/h4-6,11-12,15,18-19,21,23H,2-3,7-10,13-14H2,1H3,(H,32,34)/t18-,19+,21-,23+/m1/s1. The molecule has 7 nitrogen and oxygen atoms in total. The van der Waals surface area contributed by atoms with Gasteiger partial charge in [0.25, 0.3) is 0 Å². The number of rotatable bonds is 4. The maximum absolute atomic E-state index is 13.4. The molecule has 0 amide bonds. The van der Waals surface area contributed by atoms with Crippen LogP contribution < -0.4 is 10.2 Å². The third-order valence-electron chi connectivity index (χ3n) is 7.98. The number of hydrogen-bond acceptors (Lipinski definition) is 6. The fourth-order valence-corrected chi connectivity index (χ4v) is 6.23. The molecular weight excluding hydrogens is 467 g/mol. The van der Waals surface area contributed by atoms with Crippen LogP contribution in [0.15, 0.2) is 36.7 Å². The molecule has 1 aliphatic carbocycles. The normalized spacial score (nSPS) is 25.9. The van der Waals surface area contributed by atoms with E-state index < -0.39 is 11.7 Å². The highest BCUT2D eigenvalue weighted by Gasteiger charge is 2.43. The molecule has 0 radical (unpaired) electrons. The number of alkyl halides is 3. The van der Waals surface area contributed by atoms with Gasteiger partial charge in [0.2, 0.25) is 5.95 Å². The van der Waals surface area contributed by atoms with E-state index in [-0.39, 0.29) is 12.0 Å². The van der Waals surface area contributed by atoms with Crippen LogP contribution in [0.3, 0.4) is 0 Å². The fourth-order valence-electron chi connectivity index (χ4n) is 6.23. The minimum atomic E-state index is -4.36. The molecule has 3 aromatic rings. The van der Waals surface area contributed by atoms with Crippen molar-refractivity contribution in [1.82, 2.24) is 24.7 Å². The minimum absolute atomic E-state index is 0.197. The lowest BCUT2D eigenvalue weighted by Crippen LogP contribution is -2.48. The first kappa shape index (κ1) is 23.2. The third-order valence-corrected chi connectivity index (χ3v) is 7.98. The molecule has 0 spiro atoms. The molecule has 2 bridgehead atoms.